The molecule has 31 heavy (non-hydrogen) atoms. The van der Waals surface area contributed by atoms with Gasteiger partial charge in [0.1, 0.15) is 28.6 Å². The molecule has 3 rings (SSSR count). The smallest absolute Gasteiger partial charge is 0.258 e. The van der Waals surface area contributed by atoms with Gasteiger partial charge in [0, 0.05) is 30.2 Å². The molecule has 0 aliphatic heterocycles. The van der Waals surface area contributed by atoms with Gasteiger partial charge in [0.15, 0.2) is 5.82 Å². The fourth-order valence-electron chi connectivity index (χ4n) is 2.93. The number of aromatic nitrogens is 1. The Morgan fingerprint density at radius 1 is 1.16 bits per heavy atom. The van der Waals surface area contributed by atoms with E-state index in [1.807, 2.05) is 0 Å². The van der Waals surface area contributed by atoms with Gasteiger partial charge in [-0.05, 0) is 30.3 Å². The summed E-state index contributed by atoms with van der Waals surface area (Å²) in [4.78, 5) is 17.1. The van der Waals surface area contributed by atoms with Gasteiger partial charge in [-0.3, -0.25) is 4.79 Å². The second-order valence-electron chi connectivity index (χ2n) is 6.38. The van der Waals surface area contributed by atoms with Crippen molar-refractivity contribution < 1.29 is 22.9 Å². The number of anilines is 2. The zero-order valence-electron chi connectivity index (χ0n) is 16.6. The van der Waals surface area contributed by atoms with Crippen LogP contribution in [0.1, 0.15) is 5.56 Å². The molecule has 1 aromatic heterocycles. The second-order valence-corrected chi connectivity index (χ2v) is 8.12. The lowest BCUT2D eigenvalue weighted by molar-refractivity contribution is -0.106. The van der Waals surface area contributed by atoms with Crippen molar-refractivity contribution in [3.8, 4) is 5.88 Å². The van der Waals surface area contributed by atoms with E-state index in [9.17, 15) is 18.1 Å². The van der Waals surface area contributed by atoms with Gasteiger partial charge in [-0.2, -0.15) is 0 Å². The van der Waals surface area contributed by atoms with Gasteiger partial charge in [0.05, 0.1) is 13.3 Å². The Morgan fingerprint density at radius 2 is 1.87 bits per heavy atom. The molecular weight excluding hydrogens is 448 g/mol. The molecule has 10 heteroatoms. The molecule has 0 saturated carbocycles. The number of methoxy groups -OCH3 is 1. The number of para-hydroxylation sites is 1. The van der Waals surface area contributed by atoms with E-state index >= 15 is 0 Å². The van der Waals surface area contributed by atoms with Crippen molar-refractivity contribution in [3.05, 3.63) is 76.9 Å². The Bertz CT molecular complexity index is 1050. The monoisotopic (exact) mass is 465 g/mol. The van der Waals surface area contributed by atoms with E-state index in [1.165, 1.54) is 73.8 Å². The molecule has 0 N–H and O–H groups in total. The van der Waals surface area contributed by atoms with Crippen LogP contribution in [-0.4, -0.2) is 30.1 Å². The fourth-order valence-corrected chi connectivity index (χ4v) is 4.36. The molecule has 0 radical (unpaired) electrons. The molecule has 0 aliphatic carbocycles. The summed E-state index contributed by atoms with van der Waals surface area (Å²) in [7, 11) is 2.95. The van der Waals surface area contributed by atoms with Crippen LogP contribution in [0.15, 0.2) is 59.6 Å². The molecule has 3 aromatic rings. The highest BCUT2D eigenvalue weighted by Gasteiger charge is 2.30. The maximum absolute atomic E-state index is 14.8. The van der Waals surface area contributed by atoms with Crippen LogP contribution in [0.4, 0.5) is 20.2 Å². The van der Waals surface area contributed by atoms with Crippen molar-refractivity contribution >= 4 is 40.7 Å². The summed E-state index contributed by atoms with van der Waals surface area (Å²) in [5.74, 6) is -0.912. The van der Waals surface area contributed by atoms with Gasteiger partial charge in [0.2, 0.25) is 10.8 Å². The first-order valence-corrected chi connectivity index (χ1v) is 10.4. The first-order chi connectivity index (χ1) is 14.9. The molecule has 0 spiro atoms. The van der Waals surface area contributed by atoms with Crippen LogP contribution in [0.5, 0.6) is 5.88 Å². The van der Waals surface area contributed by atoms with Crippen molar-refractivity contribution in [2.75, 3.05) is 23.4 Å². The largest absolute Gasteiger partial charge is 0.587 e. The summed E-state index contributed by atoms with van der Waals surface area (Å²) < 4.78 is 48.1. The topological polar surface area (TPSA) is 68.7 Å². The number of pyridine rings is 1. The predicted molar refractivity (Wildman–Crippen MR) is 116 cm³/mol. The van der Waals surface area contributed by atoms with Crippen molar-refractivity contribution in [2.45, 2.75) is 11.4 Å². The lowest BCUT2D eigenvalue weighted by atomic mass is 10.2. The standard InChI is InChI=1S/C21H18ClF2N3O3S/c1-26(12-15-16(22)5-3-6-17(15)23)21-18(24)7-4-8-19(21)31(29)27(13-28)14-9-10-20(30-2)25-11-14/h3-11,13H,12H2,1-2H3. The van der Waals surface area contributed by atoms with Gasteiger partial charge in [-0.15, -0.1) is 4.31 Å². The van der Waals surface area contributed by atoms with Crippen LogP contribution >= 0.6 is 11.6 Å². The van der Waals surface area contributed by atoms with E-state index in [0.29, 0.717) is 12.3 Å². The molecular formula is C21H18ClF2N3O3S. The van der Waals surface area contributed by atoms with Crippen LogP contribution in [0, 0.1) is 11.6 Å². The quantitative estimate of drug-likeness (QED) is 0.365. The Morgan fingerprint density at radius 3 is 2.48 bits per heavy atom. The van der Waals surface area contributed by atoms with Crippen molar-refractivity contribution in [2.24, 2.45) is 0 Å². The molecule has 1 unspecified atom stereocenters. The average molecular weight is 466 g/mol. The van der Waals surface area contributed by atoms with Crippen LogP contribution in [0.3, 0.4) is 0 Å². The predicted octanol–water partition coefficient (Wildman–Crippen LogP) is 4.34. The van der Waals surface area contributed by atoms with Crippen LogP contribution in [0.25, 0.3) is 0 Å². The molecule has 0 saturated heterocycles. The molecule has 2 aromatic carbocycles. The molecule has 1 heterocycles. The number of benzene rings is 2. The average Bonchev–Trinajstić information content (AvgIpc) is 2.77. The Balaban J connectivity index is 1.97. The minimum absolute atomic E-state index is 0.0258. The third kappa shape index (κ3) is 4.90. The maximum Gasteiger partial charge on any atom is 0.258 e. The highest BCUT2D eigenvalue weighted by molar-refractivity contribution is 7.93. The minimum atomic E-state index is -2.12. The highest BCUT2D eigenvalue weighted by Crippen LogP contribution is 2.33. The second kappa shape index (κ2) is 9.95. The van der Waals surface area contributed by atoms with Gasteiger partial charge in [-0.1, -0.05) is 23.7 Å². The van der Waals surface area contributed by atoms with Crippen LogP contribution < -0.4 is 13.9 Å². The first kappa shape index (κ1) is 22.8. The number of carbonyl (C=O) groups is 1. The molecule has 1 atom stereocenters. The third-order valence-corrected chi connectivity index (χ3v) is 6.15. The van der Waals surface area contributed by atoms with E-state index in [1.54, 1.807) is 0 Å². The Kier molecular flexibility index (Phi) is 7.32. The third-order valence-electron chi connectivity index (χ3n) is 4.44. The number of ether oxygens (including phenoxy) is 1. The number of nitrogens with zero attached hydrogens (tertiary/aromatic N) is 3. The minimum Gasteiger partial charge on any atom is -0.587 e. The van der Waals surface area contributed by atoms with Gasteiger partial charge in [-0.25, -0.2) is 13.8 Å². The summed E-state index contributed by atoms with van der Waals surface area (Å²) in [6.45, 7) is -0.0815. The van der Waals surface area contributed by atoms with Crippen LogP contribution in [0.2, 0.25) is 5.02 Å². The summed E-state index contributed by atoms with van der Waals surface area (Å²) >= 11 is 3.97. The van der Waals surface area contributed by atoms with Crippen LogP contribution in [-0.2, 0) is 22.7 Å². The molecule has 1 amide bonds. The van der Waals surface area contributed by atoms with Crippen molar-refractivity contribution in [1.82, 2.24) is 4.98 Å². The van der Waals surface area contributed by atoms with Gasteiger partial charge < -0.3 is 14.2 Å². The summed E-state index contributed by atoms with van der Waals surface area (Å²) in [6, 6.07) is 11.2. The zero-order chi connectivity index (χ0) is 22.5. The van der Waals surface area contributed by atoms with Gasteiger partial charge >= 0.3 is 0 Å². The number of amides is 1. The van der Waals surface area contributed by atoms with Crippen molar-refractivity contribution in [3.63, 3.8) is 0 Å². The molecule has 0 fully saturated rings. The number of hydrogen-bond donors (Lipinski definition) is 0. The zero-order valence-corrected chi connectivity index (χ0v) is 18.2. The normalized spacial score (nSPS) is 11.7. The van der Waals surface area contributed by atoms with Crippen molar-refractivity contribution in [1.29, 1.82) is 0 Å². The Hall–Kier alpha value is -2.88. The lowest BCUT2D eigenvalue weighted by Gasteiger charge is -2.26. The molecule has 162 valence electrons. The number of halogens is 3. The number of hydrogen-bond acceptors (Lipinski definition) is 5. The Labute approximate surface area is 186 Å². The van der Waals surface area contributed by atoms with E-state index in [4.69, 9.17) is 16.3 Å². The number of carbonyl (C=O) groups excluding carboxylic acids is 1. The molecule has 6 nitrogen and oxygen atoms in total. The van der Waals surface area contributed by atoms with E-state index < -0.39 is 23.0 Å². The fraction of sp³-hybridized carbons (Fsp3) is 0.143. The van der Waals surface area contributed by atoms with Gasteiger partial charge in [0.25, 0.3) is 6.41 Å². The molecule has 0 aliphatic rings. The van der Waals surface area contributed by atoms with E-state index in [0.717, 1.165) is 4.31 Å². The first-order valence-electron chi connectivity index (χ1n) is 8.96. The van der Waals surface area contributed by atoms with E-state index in [2.05, 4.69) is 4.98 Å². The highest BCUT2D eigenvalue weighted by atomic mass is 35.5. The van der Waals surface area contributed by atoms with E-state index in [-0.39, 0.29) is 33.4 Å². The molecule has 0 bridgehead atoms. The maximum atomic E-state index is 14.8. The summed E-state index contributed by atoms with van der Waals surface area (Å²) in [5, 5.41) is 0.185. The summed E-state index contributed by atoms with van der Waals surface area (Å²) in [5.41, 5.74) is 0.343. The SMILES string of the molecule is COc1ccc(N(C=O)[S+]([O-])c2cccc(F)c2N(C)Cc2c(F)cccc2Cl)cn1. The lowest BCUT2D eigenvalue weighted by Crippen LogP contribution is -2.32. The summed E-state index contributed by atoms with van der Waals surface area (Å²) in [6.07, 6.45) is 1.68. The number of rotatable bonds is 8.